The summed E-state index contributed by atoms with van der Waals surface area (Å²) in [6, 6.07) is 59.7. The van der Waals surface area contributed by atoms with Crippen molar-refractivity contribution in [2.45, 2.75) is 44.9 Å². The Bertz CT molecular complexity index is 2940. The average Bonchev–Trinajstić information content (AvgIpc) is 3.76. The fraction of sp³-hybridized carbons (Fsp3) is 0.208. The maximum absolute atomic E-state index is 2.59. The van der Waals surface area contributed by atoms with E-state index in [4.69, 9.17) is 0 Å². The van der Waals surface area contributed by atoms with Crippen LogP contribution in [0.2, 0.25) is 0 Å². The normalized spacial score (nSPS) is 20.4. The van der Waals surface area contributed by atoms with E-state index in [-0.39, 0.29) is 0 Å². The number of para-hydroxylation sites is 2. The first kappa shape index (κ1) is 32.6. The fourth-order valence-corrected chi connectivity index (χ4v) is 12.6. The highest BCUT2D eigenvalue weighted by Crippen LogP contribution is 2.51. The summed E-state index contributed by atoms with van der Waals surface area (Å²) in [5.74, 6) is 3.31. The highest BCUT2D eigenvalue weighted by molar-refractivity contribution is 7.25. The van der Waals surface area contributed by atoms with Gasteiger partial charge in [0, 0.05) is 53.6 Å². The van der Waals surface area contributed by atoms with E-state index in [1.54, 1.807) is 0 Å². The van der Waals surface area contributed by atoms with E-state index in [2.05, 4.69) is 167 Å². The standard InChI is InChI=1S/C53H44N2S/c1-2-13-40(14-3-1)55-48-18-8-6-16-44(48)45-23-21-42(33-50(45)55)54(41-22-24-52-47(32-41)46-17-7-9-20-51(46)56-52)49-19-10-12-39-31-37-28-34-25-35(29-37)27-36(26-34)30-38-11-4-5-15-43(38)53(39)49/h1-24,32-37H,25-31H2. The van der Waals surface area contributed by atoms with Crippen molar-refractivity contribution >= 4 is 70.4 Å². The van der Waals surface area contributed by atoms with Gasteiger partial charge in [-0.2, -0.15) is 0 Å². The van der Waals surface area contributed by atoms with Gasteiger partial charge in [0.05, 0.1) is 16.7 Å². The number of nitrogens with zero attached hydrogens (tertiary/aromatic N) is 2. The maximum Gasteiger partial charge on any atom is 0.0561 e. The van der Waals surface area contributed by atoms with Crippen molar-refractivity contribution in [1.82, 2.24) is 4.57 Å². The third kappa shape index (κ3) is 5.28. The highest BCUT2D eigenvalue weighted by Gasteiger charge is 2.37. The first-order valence-corrected chi connectivity index (χ1v) is 21.5. The maximum atomic E-state index is 2.59. The Kier molecular flexibility index (Phi) is 7.54. The first-order chi connectivity index (χ1) is 27.7. The molecule has 0 N–H and O–H groups in total. The lowest BCUT2D eigenvalue weighted by atomic mass is 9.63. The lowest BCUT2D eigenvalue weighted by Gasteiger charge is -2.42. The summed E-state index contributed by atoms with van der Waals surface area (Å²) in [6.07, 6.45) is 9.37. The molecular weight excluding hydrogens is 697 g/mol. The molecule has 0 spiro atoms. The van der Waals surface area contributed by atoms with Crippen LogP contribution >= 0.6 is 11.3 Å². The second-order valence-electron chi connectivity index (χ2n) is 17.0. The van der Waals surface area contributed by atoms with Crippen LogP contribution in [-0.4, -0.2) is 4.57 Å². The number of aromatic nitrogens is 1. The second-order valence-corrected chi connectivity index (χ2v) is 18.1. The van der Waals surface area contributed by atoms with Crippen LogP contribution in [0.3, 0.4) is 0 Å². The van der Waals surface area contributed by atoms with Gasteiger partial charge in [-0.15, -0.1) is 11.3 Å². The molecule has 0 aliphatic heterocycles. The molecule has 3 heteroatoms. The van der Waals surface area contributed by atoms with Crippen molar-refractivity contribution in [1.29, 1.82) is 0 Å². The molecule has 272 valence electrons. The van der Waals surface area contributed by atoms with E-state index in [9.17, 15) is 0 Å². The number of hydrogen-bond acceptors (Lipinski definition) is 2. The first-order valence-electron chi connectivity index (χ1n) is 20.7. The molecule has 2 fully saturated rings. The number of anilines is 3. The molecule has 4 aliphatic rings. The zero-order chi connectivity index (χ0) is 36.7. The largest absolute Gasteiger partial charge is 0.310 e. The van der Waals surface area contributed by atoms with Crippen LogP contribution in [0.15, 0.2) is 158 Å². The topological polar surface area (TPSA) is 8.17 Å². The van der Waals surface area contributed by atoms with Gasteiger partial charge in [0.2, 0.25) is 0 Å². The Morgan fingerprint density at radius 3 is 1.93 bits per heavy atom. The summed E-state index contributed by atoms with van der Waals surface area (Å²) in [6.45, 7) is 0. The van der Waals surface area contributed by atoms with E-state index in [0.717, 1.165) is 30.1 Å². The minimum Gasteiger partial charge on any atom is -0.310 e. The lowest BCUT2D eigenvalue weighted by Crippen LogP contribution is -2.32. The van der Waals surface area contributed by atoms with Crippen molar-refractivity contribution in [3.63, 3.8) is 0 Å². The number of benzene rings is 7. The monoisotopic (exact) mass is 740 g/mol. The zero-order valence-corrected chi connectivity index (χ0v) is 32.4. The third-order valence-electron chi connectivity index (χ3n) is 13.6. The molecule has 2 saturated carbocycles. The Balaban J connectivity index is 1.14. The molecule has 0 saturated heterocycles. The summed E-state index contributed by atoms with van der Waals surface area (Å²) >= 11 is 1.89. The Morgan fingerprint density at radius 2 is 1.07 bits per heavy atom. The smallest absolute Gasteiger partial charge is 0.0561 e. The molecule has 9 aromatic rings. The zero-order valence-electron chi connectivity index (χ0n) is 31.6. The SMILES string of the molecule is c1ccc(-n2c3ccccc3c3ccc(N(c4ccc5sc6ccccc6c5c4)c4cccc5c4-c4ccccc4CC4CC6CC(C5)CC(C4)C6)cc32)cc1. The molecule has 4 aliphatic carbocycles. The van der Waals surface area contributed by atoms with Crippen molar-refractivity contribution in [3.05, 3.63) is 169 Å². The minimum absolute atomic E-state index is 0.749. The quantitative estimate of drug-likeness (QED) is 0.174. The van der Waals surface area contributed by atoms with E-state index < -0.39 is 0 Å². The van der Waals surface area contributed by atoms with E-state index in [1.165, 1.54) is 126 Å². The van der Waals surface area contributed by atoms with Gasteiger partial charge in [0.1, 0.15) is 0 Å². The molecule has 0 amide bonds. The molecule has 13 rings (SSSR count). The molecule has 56 heavy (non-hydrogen) atoms. The lowest BCUT2D eigenvalue weighted by molar-refractivity contribution is 0.0973. The summed E-state index contributed by atoms with van der Waals surface area (Å²) in [4.78, 5) is 2.59. The molecule has 0 radical (unpaired) electrons. The third-order valence-corrected chi connectivity index (χ3v) is 14.7. The molecule has 2 heterocycles. The fourth-order valence-electron chi connectivity index (χ4n) is 11.5. The van der Waals surface area contributed by atoms with Gasteiger partial charge in [0.15, 0.2) is 0 Å². The van der Waals surface area contributed by atoms with Crippen LogP contribution in [0.1, 0.15) is 43.2 Å². The van der Waals surface area contributed by atoms with Gasteiger partial charge in [0.25, 0.3) is 0 Å². The Morgan fingerprint density at radius 1 is 0.446 bits per heavy atom. The Labute approximate surface area is 332 Å². The van der Waals surface area contributed by atoms with Crippen LogP contribution in [0.25, 0.3) is 58.8 Å². The number of thiophene rings is 1. The minimum atomic E-state index is 0.749. The van der Waals surface area contributed by atoms with Crippen LogP contribution in [0.4, 0.5) is 17.1 Å². The van der Waals surface area contributed by atoms with E-state index in [0.29, 0.717) is 0 Å². The molecule has 4 bridgehead atoms. The predicted molar refractivity (Wildman–Crippen MR) is 238 cm³/mol. The summed E-state index contributed by atoms with van der Waals surface area (Å²) in [7, 11) is 0. The van der Waals surface area contributed by atoms with Crippen molar-refractivity contribution in [3.8, 4) is 16.8 Å². The Hall–Kier alpha value is -5.64. The molecule has 2 atom stereocenters. The van der Waals surface area contributed by atoms with Gasteiger partial charge in [-0.25, -0.2) is 0 Å². The summed E-state index contributed by atoms with van der Waals surface area (Å²) < 4.78 is 5.12. The van der Waals surface area contributed by atoms with E-state index in [1.807, 2.05) is 11.3 Å². The van der Waals surface area contributed by atoms with Gasteiger partial charge < -0.3 is 9.47 Å². The van der Waals surface area contributed by atoms with Crippen LogP contribution in [0.5, 0.6) is 0 Å². The number of hydrogen-bond donors (Lipinski definition) is 0. The van der Waals surface area contributed by atoms with Crippen LogP contribution < -0.4 is 4.90 Å². The number of rotatable bonds is 4. The van der Waals surface area contributed by atoms with Crippen LogP contribution in [0, 0.1) is 23.7 Å². The van der Waals surface area contributed by atoms with Crippen LogP contribution in [-0.2, 0) is 12.8 Å². The molecular formula is C53H44N2S. The van der Waals surface area contributed by atoms with Crippen molar-refractivity contribution < 1.29 is 0 Å². The van der Waals surface area contributed by atoms with Crippen molar-refractivity contribution in [2.75, 3.05) is 4.90 Å². The van der Waals surface area contributed by atoms with E-state index >= 15 is 0 Å². The van der Waals surface area contributed by atoms with Gasteiger partial charge in [-0.05, 0) is 146 Å². The predicted octanol–water partition coefficient (Wildman–Crippen LogP) is 14.8. The highest BCUT2D eigenvalue weighted by atomic mass is 32.1. The average molecular weight is 741 g/mol. The van der Waals surface area contributed by atoms with Gasteiger partial charge >= 0.3 is 0 Å². The molecule has 7 aromatic carbocycles. The van der Waals surface area contributed by atoms with Crippen molar-refractivity contribution in [2.24, 2.45) is 23.7 Å². The summed E-state index contributed by atoms with van der Waals surface area (Å²) in [5.41, 5.74) is 13.1. The molecule has 2 unspecified atom stereocenters. The number of fused-ring (bicyclic) bond motifs is 6. The molecule has 2 nitrogen and oxygen atoms in total. The van der Waals surface area contributed by atoms with Gasteiger partial charge in [-0.3, -0.25) is 0 Å². The summed E-state index contributed by atoms with van der Waals surface area (Å²) in [5, 5.41) is 5.21. The molecule has 2 aromatic heterocycles. The van der Waals surface area contributed by atoms with Gasteiger partial charge in [-0.1, -0.05) is 97.1 Å². The second kappa shape index (κ2) is 13.0.